The molecule has 1 aliphatic heterocycles. The first kappa shape index (κ1) is 13.0. The van der Waals surface area contributed by atoms with E-state index in [2.05, 4.69) is 15.9 Å². The van der Waals surface area contributed by atoms with Gasteiger partial charge in [-0.1, -0.05) is 35.9 Å². The third-order valence-corrected chi connectivity index (χ3v) is 4.51. The van der Waals surface area contributed by atoms with Crippen LogP contribution in [0.15, 0.2) is 40.9 Å². The molecule has 3 rings (SSSR count). The van der Waals surface area contributed by atoms with Crippen molar-refractivity contribution in [1.82, 2.24) is 0 Å². The Balaban J connectivity index is 2.02. The van der Waals surface area contributed by atoms with Crippen molar-refractivity contribution in [3.8, 4) is 5.75 Å². The Labute approximate surface area is 125 Å². The Morgan fingerprint density at radius 3 is 2.89 bits per heavy atom. The van der Waals surface area contributed by atoms with Crippen LogP contribution in [0.1, 0.15) is 22.8 Å². The number of para-hydroxylation sites is 1. The van der Waals surface area contributed by atoms with Crippen LogP contribution in [-0.2, 0) is 6.42 Å². The smallest absolute Gasteiger partial charge is 0.128 e. The summed E-state index contributed by atoms with van der Waals surface area (Å²) in [5.74, 6) is 0.820. The standard InChI is InChI=1S/C15H12BrClO2/c16-12-8-10(4-5-13(12)17)14(18)11-3-1-2-9-6-7-19-15(9)11/h1-5,8,14,18H,6-7H2. The molecule has 0 saturated carbocycles. The van der Waals surface area contributed by atoms with E-state index in [0.717, 1.165) is 33.3 Å². The fourth-order valence-corrected chi connectivity index (χ4v) is 2.83. The van der Waals surface area contributed by atoms with Crippen molar-refractivity contribution in [2.45, 2.75) is 12.5 Å². The van der Waals surface area contributed by atoms with Crippen molar-refractivity contribution in [2.24, 2.45) is 0 Å². The molecular weight excluding hydrogens is 328 g/mol. The summed E-state index contributed by atoms with van der Waals surface area (Å²) >= 11 is 9.35. The lowest BCUT2D eigenvalue weighted by Gasteiger charge is -2.15. The van der Waals surface area contributed by atoms with E-state index >= 15 is 0 Å². The number of ether oxygens (including phenoxy) is 1. The minimum absolute atomic E-state index is 0.630. The molecule has 0 spiro atoms. The molecule has 0 saturated heterocycles. The highest BCUT2D eigenvalue weighted by Crippen LogP contribution is 2.37. The van der Waals surface area contributed by atoms with E-state index in [1.54, 1.807) is 6.07 Å². The molecule has 0 radical (unpaired) electrons. The first-order valence-corrected chi connectivity index (χ1v) is 7.21. The van der Waals surface area contributed by atoms with E-state index in [1.165, 1.54) is 0 Å². The Bertz CT molecular complexity index is 628. The van der Waals surface area contributed by atoms with Crippen LogP contribution < -0.4 is 4.74 Å². The second-order valence-corrected chi connectivity index (χ2v) is 5.77. The highest BCUT2D eigenvalue weighted by Gasteiger charge is 2.22. The molecule has 98 valence electrons. The molecular formula is C15H12BrClO2. The zero-order chi connectivity index (χ0) is 13.4. The lowest BCUT2D eigenvalue weighted by Crippen LogP contribution is -2.02. The van der Waals surface area contributed by atoms with E-state index in [-0.39, 0.29) is 0 Å². The number of rotatable bonds is 2. The maximum absolute atomic E-state index is 10.5. The average Bonchev–Trinajstić information content (AvgIpc) is 2.89. The van der Waals surface area contributed by atoms with Crippen molar-refractivity contribution >= 4 is 27.5 Å². The van der Waals surface area contributed by atoms with Gasteiger partial charge in [0.1, 0.15) is 11.9 Å². The van der Waals surface area contributed by atoms with Crippen LogP contribution in [0.25, 0.3) is 0 Å². The van der Waals surface area contributed by atoms with E-state index in [1.807, 2.05) is 30.3 Å². The SMILES string of the molecule is OC(c1ccc(Cl)c(Br)c1)c1cccc2c1OCC2. The van der Waals surface area contributed by atoms with Gasteiger partial charge in [-0.15, -0.1) is 0 Å². The predicted molar refractivity (Wildman–Crippen MR) is 78.9 cm³/mol. The number of hydrogen-bond donors (Lipinski definition) is 1. The maximum Gasteiger partial charge on any atom is 0.128 e. The van der Waals surface area contributed by atoms with Crippen LogP contribution in [0.2, 0.25) is 5.02 Å². The predicted octanol–water partition coefficient (Wildman–Crippen LogP) is 4.12. The molecule has 1 aliphatic rings. The van der Waals surface area contributed by atoms with E-state index in [9.17, 15) is 5.11 Å². The molecule has 0 bridgehead atoms. The summed E-state index contributed by atoms with van der Waals surface area (Å²) < 4.78 is 6.41. The molecule has 0 aliphatic carbocycles. The largest absolute Gasteiger partial charge is 0.493 e. The molecule has 0 amide bonds. The van der Waals surface area contributed by atoms with Gasteiger partial charge in [0, 0.05) is 16.5 Å². The Kier molecular flexibility index (Phi) is 3.52. The molecule has 0 aromatic heterocycles. The van der Waals surface area contributed by atoms with Crippen LogP contribution in [0.4, 0.5) is 0 Å². The number of aliphatic hydroxyl groups excluding tert-OH is 1. The highest BCUT2D eigenvalue weighted by atomic mass is 79.9. The van der Waals surface area contributed by atoms with E-state index in [0.29, 0.717) is 11.6 Å². The monoisotopic (exact) mass is 338 g/mol. The van der Waals surface area contributed by atoms with Crippen molar-refractivity contribution < 1.29 is 9.84 Å². The van der Waals surface area contributed by atoms with Gasteiger partial charge in [0.05, 0.1) is 11.6 Å². The summed E-state index contributed by atoms with van der Waals surface area (Å²) in [6.07, 6.45) is 0.196. The average molecular weight is 340 g/mol. The summed E-state index contributed by atoms with van der Waals surface area (Å²) in [7, 11) is 0. The first-order valence-electron chi connectivity index (χ1n) is 6.04. The minimum atomic E-state index is -0.707. The number of fused-ring (bicyclic) bond motifs is 1. The summed E-state index contributed by atoms with van der Waals surface area (Å²) in [5.41, 5.74) is 2.76. The van der Waals surface area contributed by atoms with Gasteiger partial charge in [0.15, 0.2) is 0 Å². The van der Waals surface area contributed by atoms with Crippen molar-refractivity contribution in [3.63, 3.8) is 0 Å². The van der Waals surface area contributed by atoms with Gasteiger partial charge >= 0.3 is 0 Å². The summed E-state index contributed by atoms with van der Waals surface area (Å²) in [4.78, 5) is 0. The van der Waals surface area contributed by atoms with Gasteiger partial charge < -0.3 is 9.84 Å². The van der Waals surface area contributed by atoms with Crippen molar-refractivity contribution in [3.05, 3.63) is 62.6 Å². The normalized spacial score (nSPS) is 14.9. The maximum atomic E-state index is 10.5. The Morgan fingerprint density at radius 1 is 1.26 bits per heavy atom. The molecule has 0 fully saturated rings. The molecule has 2 nitrogen and oxygen atoms in total. The summed E-state index contributed by atoms with van der Waals surface area (Å²) in [6, 6.07) is 11.3. The zero-order valence-electron chi connectivity index (χ0n) is 10.1. The number of aliphatic hydroxyl groups is 1. The lowest BCUT2D eigenvalue weighted by molar-refractivity contribution is 0.213. The molecule has 1 heterocycles. The summed E-state index contributed by atoms with van der Waals surface area (Å²) in [5, 5.41) is 11.2. The first-order chi connectivity index (χ1) is 9.16. The molecule has 2 aromatic carbocycles. The van der Waals surface area contributed by atoms with Gasteiger partial charge in [-0.2, -0.15) is 0 Å². The Morgan fingerprint density at radius 2 is 2.11 bits per heavy atom. The van der Waals surface area contributed by atoms with Crippen LogP contribution in [0.3, 0.4) is 0 Å². The second-order valence-electron chi connectivity index (χ2n) is 4.51. The molecule has 1 atom stereocenters. The quantitative estimate of drug-likeness (QED) is 0.892. The van der Waals surface area contributed by atoms with Gasteiger partial charge in [-0.05, 0) is 39.2 Å². The van der Waals surface area contributed by atoms with Gasteiger partial charge in [-0.3, -0.25) is 0 Å². The molecule has 1 unspecified atom stereocenters. The number of benzene rings is 2. The van der Waals surface area contributed by atoms with Gasteiger partial charge in [-0.25, -0.2) is 0 Å². The third kappa shape index (κ3) is 2.38. The van der Waals surface area contributed by atoms with Crippen LogP contribution >= 0.6 is 27.5 Å². The van der Waals surface area contributed by atoms with E-state index < -0.39 is 6.10 Å². The van der Waals surface area contributed by atoms with Crippen LogP contribution in [0, 0.1) is 0 Å². The van der Waals surface area contributed by atoms with Crippen LogP contribution in [0.5, 0.6) is 5.75 Å². The molecule has 4 heteroatoms. The number of halogens is 2. The lowest BCUT2D eigenvalue weighted by atomic mass is 9.98. The highest BCUT2D eigenvalue weighted by molar-refractivity contribution is 9.10. The number of hydrogen-bond acceptors (Lipinski definition) is 2. The molecule has 19 heavy (non-hydrogen) atoms. The zero-order valence-corrected chi connectivity index (χ0v) is 12.4. The van der Waals surface area contributed by atoms with E-state index in [4.69, 9.17) is 16.3 Å². The third-order valence-electron chi connectivity index (χ3n) is 3.30. The van der Waals surface area contributed by atoms with Crippen molar-refractivity contribution in [2.75, 3.05) is 6.61 Å². The van der Waals surface area contributed by atoms with Crippen molar-refractivity contribution in [1.29, 1.82) is 0 Å². The Hall–Kier alpha value is -1.03. The van der Waals surface area contributed by atoms with Gasteiger partial charge in [0.25, 0.3) is 0 Å². The topological polar surface area (TPSA) is 29.5 Å². The summed E-state index contributed by atoms with van der Waals surface area (Å²) in [6.45, 7) is 0.684. The minimum Gasteiger partial charge on any atom is -0.493 e. The van der Waals surface area contributed by atoms with Crippen LogP contribution in [-0.4, -0.2) is 11.7 Å². The fourth-order valence-electron chi connectivity index (χ4n) is 2.32. The molecule has 1 N–H and O–H groups in total. The fraction of sp³-hybridized carbons (Fsp3) is 0.200. The molecule has 2 aromatic rings. The van der Waals surface area contributed by atoms with Gasteiger partial charge in [0.2, 0.25) is 0 Å². The second kappa shape index (κ2) is 5.16.